The van der Waals surface area contributed by atoms with Crippen LogP contribution in [0.4, 0.5) is 0 Å². The van der Waals surface area contributed by atoms with E-state index in [9.17, 15) is 8.42 Å². The van der Waals surface area contributed by atoms with Crippen molar-refractivity contribution in [1.82, 2.24) is 34.3 Å². The number of hydrogen-bond acceptors (Lipinski definition) is 7. The molecule has 0 aliphatic rings. The van der Waals surface area contributed by atoms with Crippen molar-refractivity contribution < 1.29 is 8.42 Å². The van der Waals surface area contributed by atoms with Gasteiger partial charge in [0.15, 0.2) is 27.1 Å². The van der Waals surface area contributed by atoms with Crippen molar-refractivity contribution in [2.45, 2.75) is 18.7 Å². The summed E-state index contributed by atoms with van der Waals surface area (Å²) in [6, 6.07) is 5.03. The van der Waals surface area contributed by atoms with E-state index in [1.54, 1.807) is 30.8 Å². The molecule has 4 rings (SSSR count). The molecule has 4 aromatic heterocycles. The van der Waals surface area contributed by atoms with E-state index < -0.39 is 9.84 Å². The van der Waals surface area contributed by atoms with Gasteiger partial charge in [0.25, 0.3) is 0 Å². The van der Waals surface area contributed by atoms with Crippen LogP contribution in [0, 0.1) is 6.92 Å². The lowest BCUT2D eigenvalue weighted by molar-refractivity contribution is 0.597. The van der Waals surface area contributed by atoms with Crippen LogP contribution in [0.2, 0.25) is 0 Å². The molecule has 0 aliphatic carbocycles. The minimum absolute atomic E-state index is 0.0444. The molecule has 0 aliphatic heterocycles. The predicted octanol–water partition coefficient (Wildman–Crippen LogP) is 2.48. The van der Waals surface area contributed by atoms with Gasteiger partial charge in [-0.05, 0) is 46.6 Å². The lowest BCUT2D eigenvalue weighted by Gasteiger charge is -2.10. The lowest BCUT2D eigenvalue weighted by atomic mass is 10.3. The normalized spacial score (nSPS) is 12.0. The SMILES string of the molecule is CCS(=O)(=O)c1ccc(-n2cnc(Br)n2)nc1-c1nc2cc(C)cnc2n1C. The first-order valence-corrected chi connectivity index (χ1v) is 10.9. The molecule has 0 N–H and O–H groups in total. The molecule has 0 aromatic carbocycles. The zero-order chi connectivity index (χ0) is 20.1. The number of aromatic nitrogens is 7. The standard InChI is InChI=1S/C17H16BrN7O2S/c1-4-28(26,27)12-5-6-13(25-9-20-17(18)23-25)22-14(12)16-21-11-7-10(2)8-19-15(11)24(16)3/h5-9H,4H2,1-3H3. The van der Waals surface area contributed by atoms with Crippen LogP contribution in [0.25, 0.3) is 28.5 Å². The number of aryl methyl sites for hydroxylation is 2. The van der Waals surface area contributed by atoms with E-state index in [2.05, 4.69) is 41.0 Å². The van der Waals surface area contributed by atoms with Gasteiger partial charge in [0.1, 0.15) is 17.5 Å². The highest BCUT2D eigenvalue weighted by Crippen LogP contribution is 2.29. The number of pyridine rings is 2. The maximum absolute atomic E-state index is 12.7. The number of sulfone groups is 1. The Bertz CT molecular complexity index is 1310. The molecule has 28 heavy (non-hydrogen) atoms. The Morgan fingerprint density at radius 2 is 1.96 bits per heavy atom. The molecule has 0 unspecified atom stereocenters. The maximum Gasteiger partial charge on any atom is 0.217 e. The average Bonchev–Trinajstić information content (AvgIpc) is 3.24. The van der Waals surface area contributed by atoms with Crippen molar-refractivity contribution in [3.63, 3.8) is 0 Å². The number of fused-ring (bicyclic) bond motifs is 1. The van der Waals surface area contributed by atoms with Crippen LogP contribution in [0.5, 0.6) is 0 Å². The van der Waals surface area contributed by atoms with Gasteiger partial charge in [0, 0.05) is 13.2 Å². The zero-order valence-corrected chi connectivity index (χ0v) is 17.7. The molecular weight excluding hydrogens is 446 g/mol. The summed E-state index contributed by atoms with van der Waals surface area (Å²) >= 11 is 3.20. The Morgan fingerprint density at radius 3 is 2.64 bits per heavy atom. The first-order valence-electron chi connectivity index (χ1n) is 8.41. The van der Waals surface area contributed by atoms with E-state index in [-0.39, 0.29) is 16.3 Å². The second-order valence-corrected chi connectivity index (χ2v) is 9.18. The van der Waals surface area contributed by atoms with Crippen LogP contribution in [0.1, 0.15) is 12.5 Å². The highest BCUT2D eigenvalue weighted by Gasteiger charge is 2.24. The predicted molar refractivity (Wildman–Crippen MR) is 107 cm³/mol. The molecule has 0 spiro atoms. The van der Waals surface area contributed by atoms with Gasteiger partial charge >= 0.3 is 0 Å². The van der Waals surface area contributed by atoms with Crippen LogP contribution in [0.3, 0.4) is 0 Å². The molecule has 0 amide bonds. The highest BCUT2D eigenvalue weighted by molar-refractivity contribution is 9.10. The van der Waals surface area contributed by atoms with Crippen LogP contribution in [-0.4, -0.2) is 48.5 Å². The molecule has 0 saturated heterocycles. The van der Waals surface area contributed by atoms with Gasteiger partial charge in [-0.25, -0.2) is 33.0 Å². The Morgan fingerprint density at radius 1 is 1.18 bits per heavy atom. The van der Waals surface area contributed by atoms with Gasteiger partial charge in [-0.2, -0.15) is 0 Å². The monoisotopic (exact) mass is 461 g/mol. The molecule has 0 radical (unpaired) electrons. The summed E-state index contributed by atoms with van der Waals surface area (Å²) in [5, 5.41) is 4.18. The minimum Gasteiger partial charge on any atom is -0.310 e. The molecule has 11 heteroatoms. The molecule has 0 atom stereocenters. The number of rotatable bonds is 4. The van der Waals surface area contributed by atoms with Crippen molar-refractivity contribution in [3.8, 4) is 17.3 Å². The maximum atomic E-state index is 12.7. The van der Waals surface area contributed by atoms with Crippen molar-refractivity contribution in [1.29, 1.82) is 0 Å². The van der Waals surface area contributed by atoms with Gasteiger partial charge in [-0.3, -0.25) is 0 Å². The third-order valence-corrected chi connectivity index (χ3v) is 6.44. The first-order chi connectivity index (χ1) is 13.3. The molecule has 144 valence electrons. The molecule has 4 aromatic rings. The fourth-order valence-corrected chi connectivity index (χ4v) is 4.15. The fourth-order valence-electron chi connectivity index (χ4n) is 2.87. The fraction of sp³-hybridized carbons (Fsp3) is 0.235. The zero-order valence-electron chi connectivity index (χ0n) is 15.3. The van der Waals surface area contributed by atoms with Crippen LogP contribution < -0.4 is 0 Å². The summed E-state index contributed by atoms with van der Waals surface area (Å²) in [5.74, 6) is 0.803. The first kappa shape index (κ1) is 18.7. The van der Waals surface area contributed by atoms with E-state index in [4.69, 9.17) is 0 Å². The average molecular weight is 462 g/mol. The van der Waals surface area contributed by atoms with Crippen LogP contribution in [-0.2, 0) is 16.9 Å². The molecule has 0 fully saturated rings. The molecule has 9 nitrogen and oxygen atoms in total. The van der Waals surface area contributed by atoms with Gasteiger partial charge in [0.2, 0.25) is 4.73 Å². The van der Waals surface area contributed by atoms with Crippen molar-refractivity contribution in [2.75, 3.05) is 5.75 Å². The summed E-state index contributed by atoms with van der Waals surface area (Å²) in [6.45, 7) is 3.52. The van der Waals surface area contributed by atoms with E-state index in [1.807, 2.05) is 13.0 Å². The van der Waals surface area contributed by atoms with Crippen molar-refractivity contribution >= 4 is 36.9 Å². The second kappa shape index (κ2) is 6.74. The largest absolute Gasteiger partial charge is 0.310 e. The van der Waals surface area contributed by atoms with E-state index in [0.717, 1.165) is 5.56 Å². The number of nitrogens with zero attached hydrogens (tertiary/aromatic N) is 7. The van der Waals surface area contributed by atoms with Gasteiger partial charge in [0.05, 0.1) is 10.6 Å². The smallest absolute Gasteiger partial charge is 0.217 e. The van der Waals surface area contributed by atoms with Gasteiger partial charge in [-0.1, -0.05) is 6.92 Å². The minimum atomic E-state index is -3.52. The third kappa shape index (κ3) is 3.10. The third-order valence-electron chi connectivity index (χ3n) is 4.31. The van der Waals surface area contributed by atoms with Crippen LogP contribution >= 0.6 is 15.9 Å². The summed E-state index contributed by atoms with van der Waals surface area (Å²) in [7, 11) is -1.74. The quantitative estimate of drug-likeness (QED) is 0.459. The molecule has 0 bridgehead atoms. The highest BCUT2D eigenvalue weighted by atomic mass is 79.9. The Kier molecular flexibility index (Phi) is 4.50. The van der Waals surface area contributed by atoms with Gasteiger partial charge < -0.3 is 4.57 Å². The van der Waals surface area contributed by atoms with E-state index in [0.29, 0.717) is 27.5 Å². The molecule has 0 saturated carbocycles. The number of halogens is 1. The Labute approximate surface area is 169 Å². The summed E-state index contributed by atoms with van der Waals surface area (Å²) in [4.78, 5) is 17.7. The number of hydrogen-bond donors (Lipinski definition) is 0. The molecule has 4 heterocycles. The Hall–Kier alpha value is -2.66. The van der Waals surface area contributed by atoms with Crippen molar-refractivity contribution in [2.24, 2.45) is 7.05 Å². The van der Waals surface area contributed by atoms with Gasteiger partial charge in [-0.15, -0.1) is 5.10 Å². The second-order valence-electron chi connectivity index (χ2n) is 6.23. The van der Waals surface area contributed by atoms with Crippen LogP contribution in [0.15, 0.2) is 40.4 Å². The Balaban J connectivity index is 2.01. The van der Waals surface area contributed by atoms with E-state index in [1.165, 1.54) is 17.1 Å². The number of imidazole rings is 1. The topological polar surface area (TPSA) is 108 Å². The summed E-state index contributed by atoms with van der Waals surface area (Å²) in [5.41, 5.74) is 2.54. The molecular formula is C17H16BrN7O2S. The summed E-state index contributed by atoms with van der Waals surface area (Å²) in [6.07, 6.45) is 3.23. The van der Waals surface area contributed by atoms with E-state index >= 15 is 0 Å². The van der Waals surface area contributed by atoms with Crippen molar-refractivity contribution in [3.05, 3.63) is 41.0 Å². The lowest BCUT2D eigenvalue weighted by Crippen LogP contribution is -2.11. The summed E-state index contributed by atoms with van der Waals surface area (Å²) < 4.78 is 29.0.